The molecule has 0 aromatic carbocycles. The Kier molecular flexibility index (Phi) is 4.26. The van der Waals surface area contributed by atoms with Gasteiger partial charge >= 0.3 is 5.97 Å². The average molecular weight is 233 g/mol. The molecular formula is C10H19NO5. The van der Waals surface area contributed by atoms with E-state index in [-0.39, 0.29) is 6.61 Å². The van der Waals surface area contributed by atoms with Gasteiger partial charge in [-0.3, -0.25) is 4.79 Å². The van der Waals surface area contributed by atoms with Crippen LogP contribution in [0.25, 0.3) is 0 Å². The molecule has 0 aromatic heterocycles. The molecule has 1 saturated heterocycles. The maximum atomic E-state index is 10.9. The molecule has 0 radical (unpaired) electrons. The lowest BCUT2D eigenvalue weighted by molar-refractivity contribution is -0.262. The van der Waals surface area contributed by atoms with Gasteiger partial charge in [-0.2, -0.15) is 0 Å². The summed E-state index contributed by atoms with van der Waals surface area (Å²) in [7, 11) is 0. The zero-order valence-corrected chi connectivity index (χ0v) is 9.84. The number of morpholine rings is 1. The summed E-state index contributed by atoms with van der Waals surface area (Å²) in [4.78, 5) is 12.3. The number of carboxylic acid groups (broad SMARTS) is 1. The molecule has 1 aliphatic rings. The minimum Gasteiger partial charge on any atom is -0.480 e. The van der Waals surface area contributed by atoms with E-state index in [1.165, 1.54) is 4.90 Å². The van der Waals surface area contributed by atoms with Gasteiger partial charge in [0.1, 0.15) is 6.04 Å². The second kappa shape index (κ2) is 5.09. The van der Waals surface area contributed by atoms with E-state index in [0.29, 0.717) is 13.2 Å². The minimum absolute atomic E-state index is 0.0693. The fourth-order valence-electron chi connectivity index (χ4n) is 1.48. The molecule has 1 unspecified atom stereocenters. The summed E-state index contributed by atoms with van der Waals surface area (Å²) in [5, 5.41) is 18.8. The van der Waals surface area contributed by atoms with Crippen LogP contribution >= 0.6 is 0 Å². The highest BCUT2D eigenvalue weighted by Crippen LogP contribution is 2.16. The molecule has 2 atom stereocenters. The Morgan fingerprint density at radius 3 is 2.69 bits per heavy atom. The monoisotopic (exact) mass is 233 g/mol. The molecule has 1 rings (SSSR count). The van der Waals surface area contributed by atoms with Crippen LogP contribution < -0.4 is 0 Å². The van der Waals surface area contributed by atoms with E-state index in [1.807, 2.05) is 0 Å². The topological polar surface area (TPSA) is 79.2 Å². The lowest BCUT2D eigenvalue weighted by atomic mass is 10.2. The SMILES string of the molecule is CC(C)(C)OC(O)N1CCOC[C@H]1C(=O)O. The summed E-state index contributed by atoms with van der Waals surface area (Å²) in [6.07, 6.45) is -1.22. The van der Waals surface area contributed by atoms with Crippen LogP contribution in [0.1, 0.15) is 20.8 Å². The van der Waals surface area contributed by atoms with Crippen molar-refractivity contribution < 1.29 is 24.5 Å². The lowest BCUT2D eigenvalue weighted by Crippen LogP contribution is -2.56. The Morgan fingerprint density at radius 1 is 1.56 bits per heavy atom. The van der Waals surface area contributed by atoms with E-state index in [2.05, 4.69) is 0 Å². The maximum Gasteiger partial charge on any atom is 0.323 e. The number of aliphatic carboxylic acids is 1. The summed E-state index contributed by atoms with van der Waals surface area (Å²) < 4.78 is 10.4. The molecule has 0 aromatic rings. The first-order chi connectivity index (χ1) is 7.31. The molecule has 1 fully saturated rings. The first-order valence-electron chi connectivity index (χ1n) is 5.23. The third kappa shape index (κ3) is 3.71. The average Bonchev–Trinajstić information content (AvgIpc) is 2.15. The quantitative estimate of drug-likeness (QED) is 0.661. The van der Waals surface area contributed by atoms with E-state index in [0.717, 1.165) is 0 Å². The highest BCUT2D eigenvalue weighted by Gasteiger charge is 2.35. The molecule has 0 saturated carbocycles. The van der Waals surface area contributed by atoms with Crippen molar-refractivity contribution in [2.75, 3.05) is 19.8 Å². The second-order valence-electron chi connectivity index (χ2n) is 4.72. The number of hydrogen-bond acceptors (Lipinski definition) is 5. The van der Waals surface area contributed by atoms with E-state index < -0.39 is 24.0 Å². The number of aliphatic hydroxyl groups is 1. The molecular weight excluding hydrogens is 214 g/mol. The van der Waals surface area contributed by atoms with Crippen LogP contribution in [-0.2, 0) is 14.3 Å². The predicted octanol–water partition coefficient (Wildman–Crippen LogP) is -0.137. The van der Waals surface area contributed by atoms with E-state index in [9.17, 15) is 9.90 Å². The van der Waals surface area contributed by atoms with Gasteiger partial charge in [0, 0.05) is 6.54 Å². The second-order valence-corrected chi connectivity index (χ2v) is 4.72. The standard InChI is InChI=1S/C10H19NO5/c1-10(2,3)16-9(14)11-4-5-15-6-7(11)8(12)13/h7,9,14H,4-6H2,1-3H3,(H,12,13)/t7-,9?/m0/s1. The van der Waals surface area contributed by atoms with Crippen molar-refractivity contribution in [3.05, 3.63) is 0 Å². The largest absolute Gasteiger partial charge is 0.480 e. The fraction of sp³-hybridized carbons (Fsp3) is 0.900. The third-order valence-corrected chi connectivity index (χ3v) is 2.20. The van der Waals surface area contributed by atoms with Gasteiger partial charge in [-0.05, 0) is 20.8 Å². The van der Waals surface area contributed by atoms with Crippen molar-refractivity contribution in [1.82, 2.24) is 4.90 Å². The Hall–Kier alpha value is -0.690. The van der Waals surface area contributed by atoms with Crippen molar-refractivity contribution in [3.8, 4) is 0 Å². The molecule has 1 aliphatic heterocycles. The summed E-state index contributed by atoms with van der Waals surface area (Å²) in [6.45, 7) is 6.20. The maximum absolute atomic E-state index is 10.9. The minimum atomic E-state index is -1.22. The number of hydrogen-bond donors (Lipinski definition) is 2. The van der Waals surface area contributed by atoms with Gasteiger partial charge in [0.15, 0.2) is 0 Å². The van der Waals surface area contributed by atoms with Crippen LogP contribution in [0.5, 0.6) is 0 Å². The molecule has 6 heteroatoms. The third-order valence-electron chi connectivity index (χ3n) is 2.20. The Balaban J connectivity index is 2.64. The lowest BCUT2D eigenvalue weighted by Gasteiger charge is -2.38. The van der Waals surface area contributed by atoms with E-state index in [1.54, 1.807) is 20.8 Å². The van der Waals surface area contributed by atoms with Gasteiger partial charge in [0.05, 0.1) is 18.8 Å². The molecule has 1 heterocycles. The molecule has 0 aliphatic carbocycles. The van der Waals surface area contributed by atoms with Gasteiger partial charge in [0.25, 0.3) is 0 Å². The smallest absolute Gasteiger partial charge is 0.323 e. The van der Waals surface area contributed by atoms with Crippen LogP contribution in [0, 0.1) is 0 Å². The van der Waals surface area contributed by atoms with Crippen molar-refractivity contribution >= 4 is 5.97 Å². The highest BCUT2D eigenvalue weighted by atomic mass is 16.6. The predicted molar refractivity (Wildman–Crippen MR) is 55.8 cm³/mol. The van der Waals surface area contributed by atoms with Crippen molar-refractivity contribution in [2.45, 2.75) is 38.8 Å². The summed E-state index contributed by atoms with van der Waals surface area (Å²) in [5.74, 6) is -1.02. The zero-order valence-electron chi connectivity index (χ0n) is 9.84. The normalized spacial score (nSPS) is 25.4. The molecule has 2 N–H and O–H groups in total. The number of carboxylic acids is 1. The Morgan fingerprint density at radius 2 is 2.19 bits per heavy atom. The van der Waals surface area contributed by atoms with Gasteiger partial charge in [-0.15, -0.1) is 0 Å². The van der Waals surface area contributed by atoms with Crippen LogP contribution in [0.15, 0.2) is 0 Å². The number of ether oxygens (including phenoxy) is 2. The van der Waals surface area contributed by atoms with Crippen LogP contribution in [0.2, 0.25) is 0 Å². The molecule has 16 heavy (non-hydrogen) atoms. The van der Waals surface area contributed by atoms with Crippen molar-refractivity contribution in [1.29, 1.82) is 0 Å². The Labute approximate surface area is 94.8 Å². The van der Waals surface area contributed by atoms with Crippen molar-refractivity contribution in [3.63, 3.8) is 0 Å². The molecule has 0 bridgehead atoms. The van der Waals surface area contributed by atoms with Crippen molar-refractivity contribution in [2.24, 2.45) is 0 Å². The number of rotatable bonds is 3. The van der Waals surface area contributed by atoms with Gasteiger partial charge < -0.3 is 19.7 Å². The van der Waals surface area contributed by atoms with Crippen LogP contribution in [0.3, 0.4) is 0 Å². The molecule has 0 amide bonds. The number of carbonyl (C=O) groups is 1. The van der Waals surface area contributed by atoms with E-state index in [4.69, 9.17) is 14.6 Å². The molecule has 0 spiro atoms. The Bertz CT molecular complexity index is 250. The summed E-state index contributed by atoms with van der Waals surface area (Å²) in [6, 6.07) is -0.855. The highest BCUT2D eigenvalue weighted by molar-refractivity contribution is 5.73. The van der Waals surface area contributed by atoms with Gasteiger partial charge in [0.2, 0.25) is 6.41 Å². The molecule has 94 valence electrons. The van der Waals surface area contributed by atoms with Gasteiger partial charge in [-0.1, -0.05) is 0 Å². The summed E-state index contributed by atoms with van der Waals surface area (Å²) >= 11 is 0. The number of aliphatic hydroxyl groups excluding tert-OH is 1. The first kappa shape index (κ1) is 13.4. The first-order valence-corrected chi connectivity index (χ1v) is 5.23. The van der Waals surface area contributed by atoms with Gasteiger partial charge in [-0.25, -0.2) is 4.90 Å². The van der Waals surface area contributed by atoms with Crippen LogP contribution in [-0.4, -0.2) is 58.9 Å². The number of nitrogens with zero attached hydrogens (tertiary/aromatic N) is 1. The van der Waals surface area contributed by atoms with E-state index >= 15 is 0 Å². The zero-order chi connectivity index (χ0) is 12.3. The summed E-state index contributed by atoms with van der Waals surface area (Å²) in [5.41, 5.74) is -0.527. The molecule has 6 nitrogen and oxygen atoms in total. The fourth-order valence-corrected chi connectivity index (χ4v) is 1.48. The van der Waals surface area contributed by atoms with Crippen LogP contribution in [0.4, 0.5) is 0 Å².